The smallest absolute Gasteiger partial charge is 0.285 e. The Bertz CT molecular complexity index is 1210. The number of aromatic nitrogens is 5. The molecule has 0 aliphatic carbocycles. The van der Waals surface area contributed by atoms with Crippen molar-refractivity contribution in [2.45, 2.75) is 17.9 Å². The number of hydrogen-bond donors (Lipinski definition) is 1. The highest BCUT2D eigenvalue weighted by atomic mass is 32.2. The highest BCUT2D eigenvalue weighted by Gasteiger charge is 2.37. The maximum absolute atomic E-state index is 13.0. The molecule has 5 heterocycles. The van der Waals surface area contributed by atoms with Crippen LogP contribution in [-0.4, -0.2) is 64.9 Å². The lowest BCUT2D eigenvalue weighted by Crippen LogP contribution is -2.44. The van der Waals surface area contributed by atoms with Crippen LogP contribution in [0.4, 0.5) is 5.82 Å². The van der Waals surface area contributed by atoms with E-state index >= 15 is 0 Å². The first-order valence-corrected chi connectivity index (χ1v) is 10.6. The fourth-order valence-electron chi connectivity index (χ4n) is 3.76. The number of nitrogens with one attached hydrogen (secondary N) is 1. The van der Waals surface area contributed by atoms with Gasteiger partial charge in [-0.05, 0) is 25.1 Å². The van der Waals surface area contributed by atoms with E-state index in [9.17, 15) is 8.42 Å². The molecule has 3 aromatic rings. The Morgan fingerprint density at radius 2 is 2.14 bits per heavy atom. The van der Waals surface area contributed by atoms with Gasteiger partial charge >= 0.3 is 0 Å². The van der Waals surface area contributed by atoms with Gasteiger partial charge in [0.1, 0.15) is 22.1 Å². The summed E-state index contributed by atoms with van der Waals surface area (Å²) >= 11 is 0. The van der Waals surface area contributed by atoms with Crippen LogP contribution in [0.2, 0.25) is 0 Å². The highest BCUT2D eigenvalue weighted by Crippen LogP contribution is 2.38. The number of hydrogen-bond acceptors (Lipinski definition) is 7. The number of aryl methyl sites for hydroxylation is 1. The van der Waals surface area contributed by atoms with Crippen LogP contribution >= 0.6 is 0 Å². The topological polar surface area (TPSA) is 118 Å². The normalized spacial score (nSPS) is 20.6. The summed E-state index contributed by atoms with van der Waals surface area (Å²) in [6.07, 6.45) is 3.19. The molecule has 2 aliphatic rings. The predicted octanol–water partition coefficient (Wildman–Crippen LogP) is 0.970. The van der Waals surface area contributed by atoms with Crippen molar-refractivity contribution in [1.29, 1.82) is 0 Å². The Morgan fingerprint density at radius 1 is 1.28 bits per heavy atom. The van der Waals surface area contributed by atoms with Crippen LogP contribution in [0.3, 0.4) is 0 Å². The first-order chi connectivity index (χ1) is 14.0. The summed E-state index contributed by atoms with van der Waals surface area (Å²) in [6, 6.07) is 5.38. The molecule has 0 unspecified atom stereocenters. The molecule has 0 saturated carbocycles. The maximum atomic E-state index is 13.0. The molecular formula is C18H19N7O3S. The van der Waals surface area contributed by atoms with Crippen LogP contribution in [0.25, 0.3) is 11.3 Å². The van der Waals surface area contributed by atoms with Crippen molar-refractivity contribution in [3.8, 4) is 11.3 Å². The standard InChI is InChI=1S/C18H19N7O3S/c1-11-10-28-8-7-25(11)15-9-12(14-4-6-20-24(14)2)18-17(21-15)16(23-29(18,26)27)13-3-5-19-22-13/h3-6,9,11H,7-8,10H2,1-2H3,(H,19,22)/t11-/m1/s1. The molecule has 0 radical (unpaired) electrons. The molecule has 11 heteroatoms. The Labute approximate surface area is 167 Å². The van der Waals surface area contributed by atoms with Crippen molar-refractivity contribution in [1.82, 2.24) is 25.0 Å². The lowest BCUT2D eigenvalue weighted by Gasteiger charge is -2.34. The summed E-state index contributed by atoms with van der Waals surface area (Å²) in [4.78, 5) is 6.96. The van der Waals surface area contributed by atoms with Gasteiger partial charge in [-0.3, -0.25) is 9.78 Å². The van der Waals surface area contributed by atoms with E-state index in [4.69, 9.17) is 9.72 Å². The number of anilines is 1. The van der Waals surface area contributed by atoms with Gasteiger partial charge in [0.2, 0.25) is 0 Å². The van der Waals surface area contributed by atoms with E-state index < -0.39 is 10.0 Å². The van der Waals surface area contributed by atoms with E-state index in [1.165, 1.54) is 0 Å². The third-order valence-corrected chi connectivity index (χ3v) is 6.52. The first kappa shape index (κ1) is 18.0. The number of fused-ring (bicyclic) bond motifs is 1. The summed E-state index contributed by atoms with van der Waals surface area (Å²) in [7, 11) is -2.15. The zero-order chi connectivity index (χ0) is 20.2. The Kier molecular flexibility index (Phi) is 4.03. The van der Waals surface area contributed by atoms with Gasteiger partial charge in [0.15, 0.2) is 0 Å². The highest BCUT2D eigenvalue weighted by molar-refractivity contribution is 7.91. The van der Waals surface area contributed by atoms with E-state index in [0.717, 1.165) is 0 Å². The quantitative estimate of drug-likeness (QED) is 0.680. The number of aromatic amines is 1. The molecule has 3 aromatic heterocycles. The van der Waals surface area contributed by atoms with Crippen molar-refractivity contribution in [3.05, 3.63) is 42.0 Å². The van der Waals surface area contributed by atoms with Crippen molar-refractivity contribution in [2.75, 3.05) is 24.7 Å². The second-order valence-electron chi connectivity index (χ2n) is 7.05. The average molecular weight is 413 g/mol. The van der Waals surface area contributed by atoms with Gasteiger partial charge < -0.3 is 9.64 Å². The van der Waals surface area contributed by atoms with Gasteiger partial charge in [0.05, 0.1) is 30.6 Å². The molecule has 1 atom stereocenters. The first-order valence-electron chi connectivity index (χ1n) is 9.18. The molecule has 10 nitrogen and oxygen atoms in total. The van der Waals surface area contributed by atoms with E-state index in [0.29, 0.717) is 48.2 Å². The number of pyridine rings is 1. The van der Waals surface area contributed by atoms with Gasteiger partial charge in [-0.15, -0.1) is 0 Å². The Morgan fingerprint density at radius 3 is 2.83 bits per heavy atom. The molecule has 0 amide bonds. The molecule has 150 valence electrons. The average Bonchev–Trinajstić information content (AvgIpc) is 3.41. The van der Waals surface area contributed by atoms with Crippen LogP contribution in [-0.2, 0) is 21.8 Å². The lowest BCUT2D eigenvalue weighted by atomic mass is 10.1. The van der Waals surface area contributed by atoms with Gasteiger partial charge in [0, 0.05) is 31.5 Å². The maximum Gasteiger partial charge on any atom is 0.285 e. The van der Waals surface area contributed by atoms with Gasteiger partial charge in [-0.1, -0.05) is 0 Å². The second kappa shape index (κ2) is 6.49. The van der Waals surface area contributed by atoms with Crippen molar-refractivity contribution in [2.24, 2.45) is 11.4 Å². The SMILES string of the molecule is C[C@@H]1COCCN1c1cc(-c2ccnn2C)c2c(n1)C(c1ccn[nH]1)=NS2(=O)=O. The molecule has 1 fully saturated rings. The fraction of sp³-hybridized carbons (Fsp3) is 0.333. The molecule has 0 aromatic carbocycles. The molecular weight excluding hydrogens is 394 g/mol. The third-order valence-electron chi connectivity index (χ3n) is 5.17. The molecule has 0 bridgehead atoms. The molecule has 0 spiro atoms. The molecule has 1 saturated heterocycles. The van der Waals surface area contributed by atoms with E-state index in [1.54, 1.807) is 42.3 Å². The van der Waals surface area contributed by atoms with Crippen LogP contribution in [0.1, 0.15) is 18.3 Å². The summed E-state index contributed by atoms with van der Waals surface area (Å²) in [6.45, 7) is 3.89. The van der Waals surface area contributed by atoms with Gasteiger partial charge in [-0.25, -0.2) is 4.98 Å². The predicted molar refractivity (Wildman–Crippen MR) is 105 cm³/mol. The molecule has 1 N–H and O–H groups in total. The summed E-state index contributed by atoms with van der Waals surface area (Å²) < 4.78 is 37.2. The van der Waals surface area contributed by atoms with Crippen molar-refractivity contribution >= 4 is 21.6 Å². The van der Waals surface area contributed by atoms with Crippen molar-refractivity contribution in [3.63, 3.8) is 0 Å². The zero-order valence-corrected chi connectivity index (χ0v) is 16.7. The van der Waals surface area contributed by atoms with Crippen LogP contribution in [0, 0.1) is 0 Å². The van der Waals surface area contributed by atoms with Gasteiger partial charge in [0.25, 0.3) is 10.0 Å². The summed E-state index contributed by atoms with van der Waals surface area (Å²) in [5.74, 6) is 0.681. The summed E-state index contributed by atoms with van der Waals surface area (Å²) in [5, 5.41) is 10.9. The minimum absolute atomic E-state index is 0.0929. The molecule has 2 aliphatic heterocycles. The molecule has 5 rings (SSSR count). The van der Waals surface area contributed by atoms with Gasteiger partial charge in [-0.2, -0.15) is 23.0 Å². The largest absolute Gasteiger partial charge is 0.377 e. The summed E-state index contributed by atoms with van der Waals surface area (Å²) in [5.41, 5.74) is 2.30. The lowest BCUT2D eigenvalue weighted by molar-refractivity contribution is 0.0985. The number of rotatable bonds is 3. The number of morpholine rings is 1. The van der Waals surface area contributed by atoms with E-state index in [2.05, 4.69) is 31.5 Å². The van der Waals surface area contributed by atoms with Crippen LogP contribution in [0.15, 0.2) is 39.9 Å². The minimum atomic E-state index is -3.92. The minimum Gasteiger partial charge on any atom is -0.377 e. The van der Waals surface area contributed by atoms with E-state index in [-0.39, 0.29) is 16.6 Å². The molecule has 29 heavy (non-hydrogen) atoms. The number of nitrogens with zero attached hydrogens (tertiary/aromatic N) is 6. The van der Waals surface area contributed by atoms with E-state index in [1.807, 2.05) is 0 Å². The van der Waals surface area contributed by atoms with Crippen LogP contribution < -0.4 is 4.90 Å². The second-order valence-corrected chi connectivity index (χ2v) is 8.59. The number of H-pyrrole nitrogens is 1. The number of sulfonamides is 1. The third kappa shape index (κ3) is 2.85. The van der Waals surface area contributed by atoms with Crippen molar-refractivity contribution < 1.29 is 13.2 Å². The number of ether oxygens (including phenoxy) is 1. The zero-order valence-electron chi connectivity index (χ0n) is 15.9. The Balaban J connectivity index is 1.79. The van der Waals surface area contributed by atoms with Crippen LogP contribution in [0.5, 0.6) is 0 Å². The monoisotopic (exact) mass is 413 g/mol. The Hall–Kier alpha value is -3.05. The fourth-order valence-corrected chi connectivity index (χ4v) is 5.10.